The highest BCUT2D eigenvalue weighted by atomic mass is 16.5. The Hall–Kier alpha value is -2.25. The fourth-order valence-electron chi connectivity index (χ4n) is 1.51. The Morgan fingerprint density at radius 2 is 2.17 bits per heavy atom. The SMILES string of the molecule is CCOC(=O)c1nnc(C)n1Cc1nncn1C. The first-order valence-electron chi connectivity index (χ1n) is 5.53. The molecule has 0 saturated heterocycles. The smallest absolute Gasteiger partial charge is 0.376 e. The van der Waals surface area contributed by atoms with E-state index in [1.54, 1.807) is 29.3 Å². The number of hydrogen-bond donors (Lipinski definition) is 0. The number of hydrogen-bond acceptors (Lipinski definition) is 6. The predicted molar refractivity (Wildman–Crippen MR) is 60.8 cm³/mol. The Bertz CT molecular complexity index is 558. The summed E-state index contributed by atoms with van der Waals surface area (Å²) in [5.74, 6) is 1.03. The highest BCUT2D eigenvalue weighted by Crippen LogP contribution is 2.06. The van der Waals surface area contributed by atoms with Crippen molar-refractivity contribution in [3.8, 4) is 0 Å². The van der Waals surface area contributed by atoms with Gasteiger partial charge >= 0.3 is 5.97 Å². The summed E-state index contributed by atoms with van der Waals surface area (Å²) in [5.41, 5.74) is 0. The van der Waals surface area contributed by atoms with E-state index in [0.29, 0.717) is 24.8 Å². The van der Waals surface area contributed by atoms with Crippen molar-refractivity contribution < 1.29 is 9.53 Å². The molecule has 0 spiro atoms. The number of carbonyl (C=O) groups excluding carboxylic acids is 1. The number of aromatic nitrogens is 6. The van der Waals surface area contributed by atoms with E-state index >= 15 is 0 Å². The molecule has 0 atom stereocenters. The maximum Gasteiger partial charge on any atom is 0.376 e. The van der Waals surface area contributed by atoms with Gasteiger partial charge in [0.2, 0.25) is 5.82 Å². The van der Waals surface area contributed by atoms with Crippen molar-refractivity contribution in [2.75, 3.05) is 6.61 Å². The molecule has 2 aromatic heterocycles. The first kappa shape index (κ1) is 12.2. The summed E-state index contributed by atoms with van der Waals surface area (Å²) in [6.07, 6.45) is 1.60. The molecular formula is C10H14N6O2. The van der Waals surface area contributed by atoms with E-state index in [9.17, 15) is 4.79 Å². The van der Waals surface area contributed by atoms with Crippen LogP contribution >= 0.6 is 0 Å². The van der Waals surface area contributed by atoms with Crippen LogP contribution < -0.4 is 0 Å². The molecule has 0 amide bonds. The first-order chi connectivity index (χ1) is 8.63. The third kappa shape index (κ3) is 2.22. The zero-order valence-electron chi connectivity index (χ0n) is 10.5. The molecule has 0 N–H and O–H groups in total. The maximum atomic E-state index is 11.7. The second-order valence-corrected chi connectivity index (χ2v) is 3.74. The Labute approximate surface area is 104 Å². The molecule has 0 radical (unpaired) electrons. The second-order valence-electron chi connectivity index (χ2n) is 3.74. The minimum Gasteiger partial charge on any atom is -0.460 e. The first-order valence-corrected chi connectivity index (χ1v) is 5.53. The average molecular weight is 250 g/mol. The summed E-state index contributed by atoms with van der Waals surface area (Å²) in [5, 5.41) is 15.5. The second kappa shape index (κ2) is 4.94. The van der Waals surface area contributed by atoms with Crippen molar-refractivity contribution in [1.29, 1.82) is 0 Å². The van der Waals surface area contributed by atoms with E-state index in [4.69, 9.17) is 4.74 Å². The fourth-order valence-corrected chi connectivity index (χ4v) is 1.51. The lowest BCUT2D eigenvalue weighted by Gasteiger charge is -2.07. The Balaban J connectivity index is 2.30. The Morgan fingerprint density at radius 1 is 1.39 bits per heavy atom. The molecule has 0 fully saturated rings. The van der Waals surface area contributed by atoms with E-state index in [0.717, 1.165) is 0 Å². The van der Waals surface area contributed by atoms with Crippen LogP contribution in [-0.2, 0) is 18.3 Å². The largest absolute Gasteiger partial charge is 0.460 e. The minimum absolute atomic E-state index is 0.178. The topological polar surface area (TPSA) is 87.7 Å². The van der Waals surface area contributed by atoms with Gasteiger partial charge in [-0.05, 0) is 13.8 Å². The highest BCUT2D eigenvalue weighted by molar-refractivity contribution is 5.85. The van der Waals surface area contributed by atoms with Gasteiger partial charge in [0, 0.05) is 7.05 Å². The summed E-state index contributed by atoms with van der Waals surface area (Å²) in [4.78, 5) is 11.7. The Morgan fingerprint density at radius 3 is 2.78 bits per heavy atom. The molecule has 2 rings (SSSR count). The van der Waals surface area contributed by atoms with E-state index in [-0.39, 0.29) is 5.82 Å². The molecule has 0 bridgehead atoms. The van der Waals surface area contributed by atoms with E-state index in [1.807, 2.05) is 7.05 Å². The van der Waals surface area contributed by atoms with E-state index < -0.39 is 5.97 Å². The van der Waals surface area contributed by atoms with Gasteiger partial charge in [-0.1, -0.05) is 0 Å². The van der Waals surface area contributed by atoms with Crippen molar-refractivity contribution in [3.63, 3.8) is 0 Å². The van der Waals surface area contributed by atoms with Gasteiger partial charge in [-0.25, -0.2) is 4.79 Å². The van der Waals surface area contributed by atoms with E-state index in [2.05, 4.69) is 20.4 Å². The number of nitrogens with zero attached hydrogens (tertiary/aromatic N) is 6. The number of carbonyl (C=O) groups is 1. The van der Waals surface area contributed by atoms with Crippen molar-refractivity contribution in [1.82, 2.24) is 29.5 Å². The van der Waals surface area contributed by atoms with Gasteiger partial charge in [-0.3, -0.25) is 4.57 Å². The lowest BCUT2D eigenvalue weighted by atomic mass is 10.5. The van der Waals surface area contributed by atoms with Crippen LogP contribution in [0.25, 0.3) is 0 Å². The van der Waals surface area contributed by atoms with E-state index in [1.165, 1.54) is 0 Å². The summed E-state index contributed by atoms with van der Waals surface area (Å²) in [6.45, 7) is 4.19. The van der Waals surface area contributed by atoms with Crippen LogP contribution in [0.4, 0.5) is 0 Å². The summed E-state index contributed by atoms with van der Waals surface area (Å²) in [7, 11) is 1.83. The predicted octanol–water partition coefficient (Wildman–Crippen LogP) is -0.0600. The van der Waals surface area contributed by atoms with Gasteiger partial charge in [0.25, 0.3) is 0 Å². The highest BCUT2D eigenvalue weighted by Gasteiger charge is 2.19. The Kier molecular flexibility index (Phi) is 3.35. The van der Waals surface area contributed by atoms with Crippen LogP contribution in [0.2, 0.25) is 0 Å². The molecule has 8 heteroatoms. The average Bonchev–Trinajstić information content (AvgIpc) is 2.89. The molecule has 0 aliphatic carbocycles. The minimum atomic E-state index is -0.486. The third-order valence-corrected chi connectivity index (χ3v) is 2.50. The summed E-state index contributed by atoms with van der Waals surface area (Å²) < 4.78 is 8.35. The zero-order chi connectivity index (χ0) is 13.1. The molecule has 18 heavy (non-hydrogen) atoms. The number of rotatable bonds is 4. The monoisotopic (exact) mass is 250 g/mol. The van der Waals surface area contributed by atoms with Gasteiger partial charge in [-0.2, -0.15) is 0 Å². The summed E-state index contributed by atoms with van der Waals surface area (Å²) >= 11 is 0. The third-order valence-electron chi connectivity index (χ3n) is 2.50. The van der Waals surface area contributed by atoms with Crippen molar-refractivity contribution in [2.24, 2.45) is 7.05 Å². The molecule has 0 unspecified atom stereocenters. The van der Waals surface area contributed by atoms with Gasteiger partial charge in [0.15, 0.2) is 5.82 Å². The van der Waals surface area contributed by atoms with Crippen molar-refractivity contribution >= 4 is 5.97 Å². The molecule has 2 aromatic rings. The quantitative estimate of drug-likeness (QED) is 0.706. The number of aryl methyl sites for hydroxylation is 2. The van der Waals surface area contributed by atoms with Crippen LogP contribution in [0.15, 0.2) is 6.33 Å². The summed E-state index contributed by atoms with van der Waals surface area (Å²) in [6, 6.07) is 0. The lowest BCUT2D eigenvalue weighted by molar-refractivity contribution is 0.0506. The molecule has 0 aliphatic heterocycles. The standard InChI is InChI=1S/C10H14N6O2/c1-4-18-10(17)9-14-12-7(2)16(9)5-8-13-11-6-15(8)3/h6H,4-5H2,1-3H3. The van der Waals surface area contributed by atoms with Gasteiger partial charge in [-0.15, -0.1) is 20.4 Å². The number of esters is 1. The molecular weight excluding hydrogens is 236 g/mol. The van der Waals surface area contributed by atoms with Crippen LogP contribution in [0.5, 0.6) is 0 Å². The van der Waals surface area contributed by atoms with Crippen LogP contribution in [-0.4, -0.2) is 42.1 Å². The van der Waals surface area contributed by atoms with Crippen LogP contribution in [0.3, 0.4) is 0 Å². The normalized spacial score (nSPS) is 10.6. The molecule has 96 valence electrons. The zero-order valence-corrected chi connectivity index (χ0v) is 10.5. The maximum absolute atomic E-state index is 11.7. The van der Waals surface area contributed by atoms with Crippen molar-refractivity contribution in [3.05, 3.63) is 23.8 Å². The van der Waals surface area contributed by atoms with Gasteiger partial charge < -0.3 is 9.30 Å². The molecule has 0 saturated carbocycles. The fraction of sp³-hybridized carbons (Fsp3) is 0.500. The molecule has 0 aromatic carbocycles. The van der Waals surface area contributed by atoms with Gasteiger partial charge in [0.1, 0.15) is 12.2 Å². The number of ether oxygens (including phenoxy) is 1. The molecule has 0 aliphatic rings. The van der Waals surface area contributed by atoms with Crippen LogP contribution in [0, 0.1) is 6.92 Å². The lowest BCUT2D eigenvalue weighted by Crippen LogP contribution is -2.16. The molecule has 2 heterocycles. The van der Waals surface area contributed by atoms with Crippen LogP contribution in [0.1, 0.15) is 29.2 Å². The molecule has 8 nitrogen and oxygen atoms in total. The van der Waals surface area contributed by atoms with Gasteiger partial charge in [0.05, 0.1) is 13.2 Å². The van der Waals surface area contributed by atoms with Crippen molar-refractivity contribution in [2.45, 2.75) is 20.4 Å².